The Morgan fingerprint density at radius 2 is 1.83 bits per heavy atom. The molecule has 3 aliphatic rings. The summed E-state index contributed by atoms with van der Waals surface area (Å²) < 4.78 is 72.1. The van der Waals surface area contributed by atoms with E-state index in [0.29, 0.717) is 22.0 Å². The van der Waals surface area contributed by atoms with Crippen LogP contribution in [-0.4, -0.2) is 73.9 Å². The second-order valence-corrected chi connectivity index (χ2v) is 13.0. The molecule has 0 radical (unpaired) electrons. The Kier molecular flexibility index (Phi) is 6.29. The Hall–Kier alpha value is -3.94. The van der Waals surface area contributed by atoms with E-state index in [0.717, 1.165) is 53.9 Å². The summed E-state index contributed by atoms with van der Waals surface area (Å²) in [6.45, 7) is 3.71. The number of H-pyrrole nitrogens is 1. The summed E-state index contributed by atoms with van der Waals surface area (Å²) >= 11 is 0. The fraction of sp³-hybridized carbons (Fsp3) is 0.310. The van der Waals surface area contributed by atoms with Crippen molar-refractivity contribution in [3.63, 3.8) is 0 Å². The molecular weight excluding hydrogens is 569 g/mol. The van der Waals surface area contributed by atoms with Crippen LogP contribution in [0.1, 0.15) is 22.3 Å². The molecule has 4 aromatic rings. The Morgan fingerprint density at radius 3 is 2.50 bits per heavy atom. The van der Waals surface area contributed by atoms with E-state index in [1.54, 1.807) is 12.3 Å². The molecule has 218 valence electrons. The highest BCUT2D eigenvalue weighted by Crippen LogP contribution is 2.38. The number of pyridine rings is 1. The molecule has 3 aliphatic heterocycles. The molecule has 3 fully saturated rings. The van der Waals surface area contributed by atoms with Gasteiger partial charge in [-0.25, -0.2) is 18.2 Å². The van der Waals surface area contributed by atoms with Gasteiger partial charge in [0.05, 0.1) is 11.3 Å². The predicted octanol–water partition coefficient (Wildman–Crippen LogP) is 3.85. The third-order valence-electron chi connectivity index (χ3n) is 8.38. The van der Waals surface area contributed by atoms with Crippen LogP contribution in [0.3, 0.4) is 0 Å². The van der Waals surface area contributed by atoms with Crippen molar-refractivity contribution in [1.82, 2.24) is 19.6 Å². The van der Waals surface area contributed by atoms with Crippen molar-refractivity contribution < 1.29 is 26.4 Å². The lowest BCUT2D eigenvalue weighted by Crippen LogP contribution is -2.71. The molecule has 13 heteroatoms. The quantitative estimate of drug-likeness (QED) is 0.280. The number of alkyl halides is 1. The molecule has 0 aliphatic carbocycles. The van der Waals surface area contributed by atoms with Crippen molar-refractivity contribution in [3.05, 3.63) is 77.6 Å². The van der Waals surface area contributed by atoms with Crippen LogP contribution in [-0.2, 0) is 10.2 Å². The fourth-order valence-electron chi connectivity index (χ4n) is 5.95. The van der Waals surface area contributed by atoms with Gasteiger partial charge in [-0.1, -0.05) is 12.1 Å². The van der Waals surface area contributed by atoms with Crippen LogP contribution in [0.25, 0.3) is 22.2 Å². The summed E-state index contributed by atoms with van der Waals surface area (Å²) in [6.07, 6.45) is 1.67. The van der Waals surface area contributed by atoms with Gasteiger partial charge in [-0.2, -0.15) is 12.7 Å². The van der Waals surface area contributed by atoms with E-state index in [4.69, 9.17) is 0 Å². The summed E-state index contributed by atoms with van der Waals surface area (Å²) in [6, 6.07) is 11.4. The van der Waals surface area contributed by atoms with Gasteiger partial charge in [0, 0.05) is 79.3 Å². The molecule has 5 heterocycles. The number of aromatic nitrogens is 2. The molecule has 7 rings (SSSR count). The van der Waals surface area contributed by atoms with E-state index in [1.165, 1.54) is 6.20 Å². The number of carbonyl (C=O) groups is 1. The maximum absolute atomic E-state index is 15.5. The van der Waals surface area contributed by atoms with E-state index in [9.17, 15) is 22.0 Å². The maximum atomic E-state index is 15.5. The van der Waals surface area contributed by atoms with Crippen LogP contribution in [0.2, 0.25) is 0 Å². The number of halogens is 3. The van der Waals surface area contributed by atoms with Crippen LogP contribution in [0.15, 0.2) is 54.9 Å². The molecule has 3 N–H and O–H groups in total. The molecule has 9 nitrogen and oxygen atoms in total. The van der Waals surface area contributed by atoms with Gasteiger partial charge in [0.25, 0.3) is 0 Å². The van der Waals surface area contributed by atoms with Crippen LogP contribution in [0.4, 0.5) is 24.5 Å². The maximum Gasteiger partial charge on any atom is 0.301 e. The van der Waals surface area contributed by atoms with Gasteiger partial charge < -0.3 is 15.2 Å². The molecule has 2 aromatic heterocycles. The Morgan fingerprint density at radius 1 is 1.07 bits per heavy atom. The first kappa shape index (κ1) is 26.9. The van der Waals surface area contributed by atoms with E-state index in [-0.39, 0.29) is 25.1 Å². The number of fused-ring (bicyclic) bond motifs is 1. The van der Waals surface area contributed by atoms with E-state index < -0.39 is 45.0 Å². The van der Waals surface area contributed by atoms with E-state index >= 15 is 4.39 Å². The number of aromatic amines is 1. The largest absolute Gasteiger partial charge is 0.370 e. The van der Waals surface area contributed by atoms with Crippen molar-refractivity contribution in [1.29, 1.82) is 0 Å². The minimum Gasteiger partial charge on any atom is -0.370 e. The number of ketones is 1. The van der Waals surface area contributed by atoms with Gasteiger partial charge in [0.1, 0.15) is 17.6 Å². The third kappa shape index (κ3) is 4.52. The van der Waals surface area contributed by atoms with Crippen LogP contribution in [0, 0.1) is 17.0 Å². The van der Waals surface area contributed by atoms with Crippen LogP contribution in [0.5, 0.6) is 0 Å². The van der Waals surface area contributed by atoms with Crippen molar-refractivity contribution in [3.8, 4) is 11.1 Å². The van der Waals surface area contributed by atoms with Gasteiger partial charge in [0.15, 0.2) is 5.82 Å². The summed E-state index contributed by atoms with van der Waals surface area (Å²) in [5.74, 6) is -3.49. The average molecular weight is 597 g/mol. The molecule has 0 bridgehead atoms. The number of anilines is 2. The van der Waals surface area contributed by atoms with Crippen molar-refractivity contribution >= 4 is 38.4 Å². The van der Waals surface area contributed by atoms with Gasteiger partial charge >= 0.3 is 10.2 Å². The number of hydrogen-bond acceptors (Lipinski definition) is 6. The van der Waals surface area contributed by atoms with Gasteiger partial charge in [-0.15, -0.1) is 0 Å². The highest BCUT2D eigenvalue weighted by atomic mass is 32.2. The SMILES string of the molecule is O=C(c1c(F)ccc(NS(=O)(=O)N2CC[C@@H](F)C2)c1F)c1c[nH]c2ncc(-c3ccc(N4CC5(CNC5)C4)cc3)cc12. The lowest BCUT2D eigenvalue weighted by atomic mass is 9.74. The van der Waals surface area contributed by atoms with Crippen molar-refractivity contribution in [2.75, 3.05) is 48.9 Å². The molecule has 3 saturated heterocycles. The first-order valence-electron chi connectivity index (χ1n) is 13.6. The lowest BCUT2D eigenvalue weighted by Gasteiger charge is -2.57. The number of rotatable bonds is 7. The van der Waals surface area contributed by atoms with E-state index in [2.05, 4.69) is 20.2 Å². The molecule has 1 spiro atoms. The van der Waals surface area contributed by atoms with E-state index in [1.807, 2.05) is 29.0 Å². The summed E-state index contributed by atoms with van der Waals surface area (Å²) in [4.78, 5) is 23.1. The molecule has 0 amide bonds. The normalized spacial score (nSPS) is 20.1. The Labute approximate surface area is 239 Å². The summed E-state index contributed by atoms with van der Waals surface area (Å²) in [7, 11) is -4.31. The monoisotopic (exact) mass is 596 g/mol. The number of carbonyl (C=O) groups excluding carboxylic acids is 1. The zero-order chi connectivity index (χ0) is 29.2. The first-order valence-corrected chi connectivity index (χ1v) is 15.0. The van der Waals surface area contributed by atoms with Gasteiger partial charge in [-0.3, -0.25) is 9.52 Å². The second kappa shape index (κ2) is 9.82. The molecular formula is C29H27F3N6O3S. The summed E-state index contributed by atoms with van der Waals surface area (Å²) in [5, 5.41) is 3.69. The minimum absolute atomic E-state index is 0.0198. The van der Waals surface area contributed by atoms with Crippen molar-refractivity contribution in [2.45, 2.75) is 12.6 Å². The fourth-order valence-corrected chi connectivity index (χ4v) is 7.21. The molecule has 2 aromatic carbocycles. The highest BCUT2D eigenvalue weighted by molar-refractivity contribution is 7.90. The smallest absolute Gasteiger partial charge is 0.301 e. The third-order valence-corrected chi connectivity index (χ3v) is 9.87. The standard InChI is InChI=1S/C29H27F3N6O3S/c30-19-7-8-38(12-19)42(40,41)36-24-6-5-23(31)25(26(24)32)27(39)22-11-35-28-21(22)9-18(10-34-28)17-1-3-20(4-2-17)37-15-29(16-37)13-33-14-29/h1-6,9-11,19,33,36H,7-8,12-16H2,(H,34,35)/t19-/m1/s1. The molecule has 0 saturated carbocycles. The van der Waals surface area contributed by atoms with Crippen LogP contribution < -0.4 is 14.9 Å². The Bertz CT molecular complexity index is 1820. The highest BCUT2D eigenvalue weighted by Gasteiger charge is 2.47. The summed E-state index contributed by atoms with van der Waals surface area (Å²) in [5.41, 5.74) is 1.91. The first-order chi connectivity index (χ1) is 20.1. The number of nitrogens with one attached hydrogen (secondary N) is 3. The van der Waals surface area contributed by atoms with Gasteiger partial charge in [-0.05, 0) is 42.3 Å². The molecule has 0 unspecified atom stereocenters. The van der Waals surface area contributed by atoms with Crippen LogP contribution >= 0.6 is 0 Å². The van der Waals surface area contributed by atoms with Gasteiger partial charge in [0.2, 0.25) is 5.78 Å². The minimum atomic E-state index is -4.31. The Balaban J connectivity index is 1.16. The number of benzene rings is 2. The molecule has 1 atom stereocenters. The zero-order valence-electron chi connectivity index (χ0n) is 22.3. The predicted molar refractivity (Wildman–Crippen MR) is 152 cm³/mol. The molecule has 42 heavy (non-hydrogen) atoms. The topological polar surface area (TPSA) is 110 Å². The lowest BCUT2D eigenvalue weighted by molar-refractivity contribution is 0.103. The number of hydrogen-bond donors (Lipinski definition) is 3. The average Bonchev–Trinajstić information content (AvgIpc) is 3.55. The number of nitrogens with zero attached hydrogens (tertiary/aromatic N) is 3. The van der Waals surface area contributed by atoms with Crippen molar-refractivity contribution in [2.24, 2.45) is 5.41 Å². The zero-order valence-corrected chi connectivity index (χ0v) is 23.1. The second-order valence-electron chi connectivity index (χ2n) is 11.3.